The van der Waals surface area contributed by atoms with E-state index in [0.29, 0.717) is 46.8 Å². The van der Waals surface area contributed by atoms with E-state index in [1.807, 2.05) is 6.92 Å². The third kappa shape index (κ3) is 4.08. The lowest BCUT2D eigenvalue weighted by atomic mass is 10.1. The Bertz CT molecular complexity index is 1250. The average Bonchev–Trinajstić information content (AvgIpc) is 3.39. The van der Waals surface area contributed by atoms with Gasteiger partial charge in [-0.05, 0) is 37.3 Å². The molecule has 4 rings (SSSR count). The molecule has 31 heavy (non-hydrogen) atoms. The number of aromatic nitrogens is 3. The number of aryl methyl sites for hydroxylation is 2. The van der Waals surface area contributed by atoms with Crippen LogP contribution in [0.25, 0.3) is 22.5 Å². The number of carbonyl (C=O) groups excluding carboxylic acids is 1. The van der Waals surface area contributed by atoms with E-state index in [-0.39, 0.29) is 11.6 Å². The van der Waals surface area contributed by atoms with E-state index >= 15 is 0 Å². The molecule has 10 nitrogen and oxygen atoms in total. The normalized spacial score (nSPS) is 10.9. The maximum absolute atomic E-state index is 13.0. The lowest BCUT2D eigenvalue weighted by Gasteiger charge is -2.10. The van der Waals surface area contributed by atoms with Crippen molar-refractivity contribution in [2.45, 2.75) is 6.92 Å². The fourth-order valence-electron chi connectivity index (χ4n) is 3.35. The Balaban J connectivity index is 1.49. The quantitative estimate of drug-likeness (QED) is 0.267. The van der Waals surface area contributed by atoms with Crippen LogP contribution in [0.15, 0.2) is 53.1 Å². The summed E-state index contributed by atoms with van der Waals surface area (Å²) >= 11 is 0. The fourth-order valence-corrected chi connectivity index (χ4v) is 3.35. The number of fused-ring (bicyclic) bond motifs is 1. The molecule has 0 radical (unpaired) electrons. The van der Waals surface area contributed by atoms with Gasteiger partial charge in [-0.2, -0.15) is 5.10 Å². The van der Waals surface area contributed by atoms with Gasteiger partial charge >= 0.3 is 0 Å². The third-order valence-corrected chi connectivity index (χ3v) is 4.80. The van der Waals surface area contributed by atoms with Crippen LogP contribution in [0.2, 0.25) is 0 Å². The van der Waals surface area contributed by atoms with Gasteiger partial charge in [0.05, 0.1) is 27.8 Å². The summed E-state index contributed by atoms with van der Waals surface area (Å²) in [5, 5.41) is 21.8. The van der Waals surface area contributed by atoms with Gasteiger partial charge in [-0.25, -0.2) is 4.98 Å². The van der Waals surface area contributed by atoms with Crippen molar-refractivity contribution in [2.75, 3.05) is 18.4 Å². The second-order valence-electron chi connectivity index (χ2n) is 6.93. The van der Waals surface area contributed by atoms with Crippen molar-refractivity contribution in [2.24, 2.45) is 7.05 Å². The minimum atomic E-state index is -0.448. The van der Waals surface area contributed by atoms with Gasteiger partial charge in [-0.1, -0.05) is 0 Å². The number of rotatable bonds is 7. The number of nitrogens with one attached hydrogen (secondary N) is 2. The minimum Gasteiger partial charge on any atom is -0.463 e. The van der Waals surface area contributed by atoms with Crippen LogP contribution in [0.1, 0.15) is 16.1 Å². The van der Waals surface area contributed by atoms with E-state index < -0.39 is 4.92 Å². The number of carbonyl (C=O) groups is 1. The zero-order valence-corrected chi connectivity index (χ0v) is 17.0. The van der Waals surface area contributed by atoms with Crippen molar-refractivity contribution in [1.82, 2.24) is 20.1 Å². The monoisotopic (exact) mass is 420 g/mol. The van der Waals surface area contributed by atoms with Gasteiger partial charge in [0.1, 0.15) is 5.69 Å². The van der Waals surface area contributed by atoms with Crippen LogP contribution in [0.5, 0.6) is 0 Å². The molecule has 3 aromatic heterocycles. The topological polar surface area (TPSA) is 128 Å². The highest BCUT2D eigenvalue weighted by atomic mass is 16.6. The van der Waals surface area contributed by atoms with Crippen LogP contribution in [0.3, 0.4) is 0 Å². The number of benzene rings is 1. The SMILES string of the molecule is Cc1nn(C)c2nc(-c3ccco3)cc(C(=O)NCCNc3ccc([N+](=O)[O-])cc3)c12. The van der Waals surface area contributed by atoms with Gasteiger partial charge < -0.3 is 15.1 Å². The Labute approximate surface area is 177 Å². The molecular weight excluding hydrogens is 400 g/mol. The molecule has 0 aliphatic rings. The van der Waals surface area contributed by atoms with Crippen molar-refractivity contribution < 1.29 is 14.1 Å². The molecule has 0 saturated carbocycles. The maximum Gasteiger partial charge on any atom is 0.269 e. The maximum atomic E-state index is 13.0. The van der Waals surface area contributed by atoms with Crippen LogP contribution >= 0.6 is 0 Å². The van der Waals surface area contributed by atoms with Gasteiger partial charge in [-0.15, -0.1) is 0 Å². The van der Waals surface area contributed by atoms with Crippen molar-refractivity contribution >= 4 is 28.3 Å². The molecule has 1 amide bonds. The number of non-ortho nitro benzene ring substituents is 1. The second kappa shape index (κ2) is 8.27. The van der Waals surface area contributed by atoms with Gasteiger partial charge in [0.25, 0.3) is 11.6 Å². The van der Waals surface area contributed by atoms with E-state index in [2.05, 4.69) is 20.7 Å². The van der Waals surface area contributed by atoms with Crippen LogP contribution < -0.4 is 10.6 Å². The predicted octanol–water partition coefficient (Wildman–Crippen LogP) is 3.29. The zero-order chi connectivity index (χ0) is 22.0. The molecule has 0 fully saturated rings. The Morgan fingerprint density at radius 1 is 1.23 bits per heavy atom. The Morgan fingerprint density at radius 2 is 2.00 bits per heavy atom. The van der Waals surface area contributed by atoms with Gasteiger partial charge in [0.2, 0.25) is 0 Å². The van der Waals surface area contributed by atoms with Crippen LogP contribution in [0.4, 0.5) is 11.4 Å². The molecule has 10 heteroatoms. The highest BCUT2D eigenvalue weighted by molar-refractivity contribution is 6.07. The molecule has 0 spiro atoms. The molecule has 0 bridgehead atoms. The minimum absolute atomic E-state index is 0.0276. The lowest BCUT2D eigenvalue weighted by Crippen LogP contribution is -2.29. The van der Waals surface area contributed by atoms with E-state index in [4.69, 9.17) is 4.42 Å². The number of nitrogens with zero attached hydrogens (tertiary/aromatic N) is 4. The lowest BCUT2D eigenvalue weighted by molar-refractivity contribution is -0.384. The van der Waals surface area contributed by atoms with Crippen LogP contribution in [-0.2, 0) is 7.05 Å². The van der Waals surface area contributed by atoms with Crippen LogP contribution in [0, 0.1) is 17.0 Å². The van der Waals surface area contributed by atoms with Gasteiger partial charge in [0, 0.05) is 38.0 Å². The molecular formula is C21H20N6O4. The molecule has 0 aliphatic carbocycles. The molecule has 0 saturated heterocycles. The molecule has 1 aromatic carbocycles. The van der Waals surface area contributed by atoms with Gasteiger partial charge in [0.15, 0.2) is 11.4 Å². The van der Waals surface area contributed by atoms with Crippen LogP contribution in [-0.4, -0.2) is 38.7 Å². The van der Waals surface area contributed by atoms with Crippen molar-refractivity contribution in [3.8, 4) is 11.5 Å². The number of pyridine rings is 1. The largest absolute Gasteiger partial charge is 0.463 e. The highest BCUT2D eigenvalue weighted by Gasteiger charge is 2.19. The highest BCUT2D eigenvalue weighted by Crippen LogP contribution is 2.27. The third-order valence-electron chi connectivity index (χ3n) is 4.80. The molecule has 0 aliphatic heterocycles. The standard InChI is InChI=1S/C21H20N6O4/c1-13-19-16(12-17(18-4-3-11-31-18)24-20(19)26(2)25-13)21(28)23-10-9-22-14-5-7-15(8-6-14)27(29)30/h3-8,11-12,22H,9-10H2,1-2H3,(H,23,28). The number of hydrogen-bond acceptors (Lipinski definition) is 7. The number of nitro benzene ring substituents is 1. The summed E-state index contributed by atoms with van der Waals surface area (Å²) in [4.78, 5) is 27.8. The number of anilines is 1. The first-order valence-electron chi connectivity index (χ1n) is 9.59. The first-order chi connectivity index (χ1) is 14.9. The Kier molecular flexibility index (Phi) is 5.35. The van der Waals surface area contributed by atoms with E-state index in [9.17, 15) is 14.9 Å². The molecule has 2 N–H and O–H groups in total. The van der Waals surface area contributed by atoms with E-state index in [1.54, 1.807) is 48.3 Å². The number of nitro groups is 1. The summed E-state index contributed by atoms with van der Waals surface area (Å²) in [7, 11) is 1.78. The molecule has 4 aromatic rings. The smallest absolute Gasteiger partial charge is 0.269 e. The first-order valence-corrected chi connectivity index (χ1v) is 9.59. The second-order valence-corrected chi connectivity index (χ2v) is 6.93. The van der Waals surface area contributed by atoms with Crippen molar-refractivity contribution in [3.05, 3.63) is 70.1 Å². The van der Waals surface area contributed by atoms with Gasteiger partial charge in [-0.3, -0.25) is 19.6 Å². The Morgan fingerprint density at radius 3 is 2.68 bits per heavy atom. The van der Waals surface area contributed by atoms with Crippen molar-refractivity contribution in [1.29, 1.82) is 0 Å². The number of hydrogen-bond donors (Lipinski definition) is 2. The molecule has 158 valence electrons. The van der Waals surface area contributed by atoms with E-state index in [1.165, 1.54) is 12.1 Å². The van der Waals surface area contributed by atoms with Crippen molar-refractivity contribution in [3.63, 3.8) is 0 Å². The fraction of sp³-hybridized carbons (Fsp3) is 0.190. The Hall–Kier alpha value is -4.21. The molecule has 0 atom stereocenters. The predicted molar refractivity (Wildman–Crippen MR) is 115 cm³/mol. The summed E-state index contributed by atoms with van der Waals surface area (Å²) in [5.41, 5.74) is 3.09. The average molecular weight is 420 g/mol. The zero-order valence-electron chi connectivity index (χ0n) is 17.0. The number of amides is 1. The summed E-state index contributed by atoms with van der Waals surface area (Å²) in [6.07, 6.45) is 1.55. The summed E-state index contributed by atoms with van der Waals surface area (Å²) in [6.45, 7) is 2.65. The summed E-state index contributed by atoms with van der Waals surface area (Å²) in [6, 6.07) is 11.4. The molecule has 0 unspecified atom stereocenters. The summed E-state index contributed by atoms with van der Waals surface area (Å²) in [5.74, 6) is 0.316. The van der Waals surface area contributed by atoms with E-state index in [0.717, 1.165) is 5.69 Å². The molecule has 3 heterocycles. The summed E-state index contributed by atoms with van der Waals surface area (Å²) < 4.78 is 7.09. The first kappa shape index (κ1) is 20.1. The number of furan rings is 1.